The highest BCUT2D eigenvalue weighted by atomic mass is 35.5. The lowest BCUT2D eigenvalue weighted by Crippen LogP contribution is -2.29. The second-order valence-corrected chi connectivity index (χ2v) is 3.02. The van der Waals surface area contributed by atoms with Crippen molar-refractivity contribution in [1.29, 1.82) is 0 Å². The topological polar surface area (TPSA) is 66.9 Å². The normalized spacial score (nSPS) is 9.42. The average Bonchev–Trinajstić information content (AvgIpc) is 2.53. The molecule has 5 nitrogen and oxygen atoms in total. The molecule has 0 spiro atoms. The summed E-state index contributed by atoms with van der Waals surface area (Å²) in [5.74, 6) is 0.397. The van der Waals surface area contributed by atoms with E-state index in [9.17, 15) is 4.79 Å². The summed E-state index contributed by atoms with van der Waals surface area (Å²) in [6.45, 7) is 0.444. The smallest absolute Gasteiger partial charge is 0.319 e. The van der Waals surface area contributed by atoms with E-state index in [4.69, 9.17) is 11.6 Å². The van der Waals surface area contributed by atoms with E-state index in [1.54, 1.807) is 0 Å². The van der Waals surface area contributed by atoms with Crippen LogP contribution in [0.2, 0.25) is 0 Å². The predicted molar refractivity (Wildman–Crippen MR) is 47.7 cm³/mol. The number of aromatic nitrogens is 2. The summed E-state index contributed by atoms with van der Waals surface area (Å²) in [4.78, 5) is 10.9. The summed E-state index contributed by atoms with van der Waals surface area (Å²) < 4.78 is 3.58. The van der Waals surface area contributed by atoms with Gasteiger partial charge in [0.1, 0.15) is 5.00 Å². The molecule has 0 saturated heterocycles. The van der Waals surface area contributed by atoms with Gasteiger partial charge in [0.15, 0.2) is 0 Å². The summed E-state index contributed by atoms with van der Waals surface area (Å²) in [5.41, 5.74) is 0. The fourth-order valence-corrected chi connectivity index (χ4v) is 1.05. The highest BCUT2D eigenvalue weighted by Crippen LogP contribution is 2.07. The van der Waals surface area contributed by atoms with Gasteiger partial charge in [-0.25, -0.2) is 4.79 Å². The highest BCUT2D eigenvalue weighted by Gasteiger charge is 2.01. The number of hydrogen-bond donors (Lipinski definition) is 2. The van der Waals surface area contributed by atoms with Crippen LogP contribution < -0.4 is 10.6 Å². The summed E-state index contributed by atoms with van der Waals surface area (Å²) >= 11 is 6.48. The molecule has 0 fully saturated rings. The van der Waals surface area contributed by atoms with E-state index in [2.05, 4.69) is 20.2 Å². The fraction of sp³-hybridized carbons (Fsp3) is 0.400. The number of urea groups is 1. The minimum absolute atomic E-state index is 0.290. The quantitative estimate of drug-likeness (QED) is 0.723. The van der Waals surface area contributed by atoms with Crippen molar-refractivity contribution in [1.82, 2.24) is 14.9 Å². The molecule has 0 aromatic carbocycles. The minimum Gasteiger partial charge on any atom is -0.337 e. The van der Waals surface area contributed by atoms with Gasteiger partial charge >= 0.3 is 6.03 Å². The molecular weight excluding hydrogens is 200 g/mol. The van der Waals surface area contributed by atoms with Crippen LogP contribution in [0, 0.1) is 0 Å². The number of nitrogens with zero attached hydrogens (tertiary/aromatic N) is 2. The second-order valence-electron chi connectivity index (χ2n) is 1.85. The Morgan fingerprint density at radius 3 is 3.17 bits per heavy atom. The van der Waals surface area contributed by atoms with Gasteiger partial charge in [-0.2, -0.15) is 0 Å². The zero-order valence-electron chi connectivity index (χ0n) is 6.08. The van der Waals surface area contributed by atoms with Crippen molar-refractivity contribution < 1.29 is 4.79 Å². The first-order valence-corrected chi connectivity index (χ1v) is 4.52. The number of anilines is 1. The van der Waals surface area contributed by atoms with Gasteiger partial charge in [0.2, 0.25) is 0 Å². The fourth-order valence-electron chi connectivity index (χ4n) is 0.539. The molecule has 1 aromatic heterocycles. The van der Waals surface area contributed by atoms with Crippen molar-refractivity contribution >= 4 is 34.2 Å². The lowest BCUT2D eigenvalue weighted by molar-refractivity contribution is 0.252. The molecule has 1 heterocycles. The van der Waals surface area contributed by atoms with Gasteiger partial charge in [-0.1, -0.05) is 4.49 Å². The van der Waals surface area contributed by atoms with Crippen LogP contribution in [0.4, 0.5) is 9.80 Å². The van der Waals surface area contributed by atoms with E-state index < -0.39 is 0 Å². The van der Waals surface area contributed by atoms with Gasteiger partial charge in [0.25, 0.3) is 0 Å². The molecule has 0 unspecified atom stereocenters. The number of nitrogens with one attached hydrogen (secondary N) is 2. The van der Waals surface area contributed by atoms with Crippen LogP contribution in [0.15, 0.2) is 6.20 Å². The maximum Gasteiger partial charge on any atom is 0.319 e. The maximum atomic E-state index is 10.9. The van der Waals surface area contributed by atoms with Crippen LogP contribution in [-0.4, -0.2) is 28.0 Å². The Labute approximate surface area is 78.3 Å². The van der Waals surface area contributed by atoms with Gasteiger partial charge in [-0.3, -0.25) is 5.32 Å². The average molecular weight is 207 g/mol. The molecule has 1 rings (SSSR count). The van der Waals surface area contributed by atoms with Gasteiger partial charge in [-0.15, -0.1) is 16.7 Å². The van der Waals surface area contributed by atoms with Gasteiger partial charge in [0, 0.05) is 24.0 Å². The number of carbonyl (C=O) groups excluding carboxylic acids is 1. The molecule has 2 N–H and O–H groups in total. The summed E-state index contributed by atoms with van der Waals surface area (Å²) in [5, 5.41) is 9.25. The van der Waals surface area contributed by atoms with E-state index >= 15 is 0 Å². The van der Waals surface area contributed by atoms with Gasteiger partial charge in [0.05, 0.1) is 6.20 Å². The van der Waals surface area contributed by atoms with Crippen molar-refractivity contribution in [2.75, 3.05) is 17.7 Å². The SMILES string of the molecule is O=C(NCCCl)Nc1cnns1. The molecule has 0 atom stereocenters. The molecular formula is C5H7ClN4OS. The first-order chi connectivity index (χ1) is 5.83. The van der Waals surface area contributed by atoms with Crippen LogP contribution in [0.3, 0.4) is 0 Å². The molecule has 2 amide bonds. The largest absolute Gasteiger partial charge is 0.337 e. The third-order valence-corrected chi connectivity index (χ3v) is 1.75. The van der Waals surface area contributed by atoms with Crippen molar-refractivity contribution in [3.05, 3.63) is 6.20 Å². The first-order valence-electron chi connectivity index (χ1n) is 3.21. The Morgan fingerprint density at radius 1 is 1.75 bits per heavy atom. The molecule has 66 valence electrons. The molecule has 0 aliphatic heterocycles. The van der Waals surface area contributed by atoms with E-state index in [0.29, 0.717) is 17.4 Å². The van der Waals surface area contributed by atoms with Crippen LogP contribution in [0.25, 0.3) is 0 Å². The summed E-state index contributed by atoms with van der Waals surface area (Å²) in [6.07, 6.45) is 1.48. The lowest BCUT2D eigenvalue weighted by Gasteiger charge is -2.01. The number of alkyl halides is 1. The summed E-state index contributed by atoms with van der Waals surface area (Å²) in [6, 6.07) is -0.290. The van der Waals surface area contributed by atoms with Crippen LogP contribution in [0.1, 0.15) is 0 Å². The van der Waals surface area contributed by atoms with Gasteiger partial charge in [-0.05, 0) is 0 Å². The highest BCUT2D eigenvalue weighted by molar-refractivity contribution is 7.10. The Kier molecular flexibility index (Phi) is 3.75. The third kappa shape index (κ3) is 3.02. The van der Waals surface area contributed by atoms with E-state index in [0.717, 1.165) is 11.5 Å². The van der Waals surface area contributed by atoms with Crippen LogP contribution in [-0.2, 0) is 0 Å². The molecule has 12 heavy (non-hydrogen) atoms. The Bertz CT molecular complexity index is 240. The second kappa shape index (κ2) is 4.89. The zero-order valence-corrected chi connectivity index (χ0v) is 7.65. The van der Waals surface area contributed by atoms with Gasteiger partial charge < -0.3 is 5.32 Å². The number of amides is 2. The first kappa shape index (κ1) is 9.21. The number of rotatable bonds is 3. The van der Waals surface area contributed by atoms with Crippen molar-refractivity contribution in [3.63, 3.8) is 0 Å². The predicted octanol–water partition coefficient (Wildman–Crippen LogP) is 0.898. The Morgan fingerprint density at radius 2 is 2.58 bits per heavy atom. The van der Waals surface area contributed by atoms with Crippen molar-refractivity contribution in [2.45, 2.75) is 0 Å². The number of hydrogen-bond acceptors (Lipinski definition) is 4. The standard InChI is InChI=1S/C5H7ClN4OS/c6-1-2-7-5(11)9-4-3-8-10-12-4/h3H,1-2H2,(H2,7,9,11). The molecule has 0 aliphatic carbocycles. The Hall–Kier alpha value is -0.880. The van der Waals surface area contributed by atoms with Crippen molar-refractivity contribution in [3.8, 4) is 0 Å². The number of halogens is 1. The maximum absolute atomic E-state index is 10.9. The van der Waals surface area contributed by atoms with E-state index in [1.165, 1.54) is 6.20 Å². The summed E-state index contributed by atoms with van der Waals surface area (Å²) in [7, 11) is 0. The molecule has 0 radical (unpaired) electrons. The lowest BCUT2D eigenvalue weighted by atomic mass is 10.7. The van der Waals surface area contributed by atoms with Crippen LogP contribution >= 0.6 is 23.1 Å². The van der Waals surface area contributed by atoms with Crippen molar-refractivity contribution in [2.24, 2.45) is 0 Å². The molecule has 0 bridgehead atoms. The van der Waals surface area contributed by atoms with Crippen LogP contribution in [0.5, 0.6) is 0 Å². The molecule has 0 aliphatic rings. The molecule has 7 heteroatoms. The monoisotopic (exact) mass is 206 g/mol. The minimum atomic E-state index is -0.290. The molecule has 0 saturated carbocycles. The zero-order chi connectivity index (χ0) is 8.81. The number of carbonyl (C=O) groups is 1. The van der Waals surface area contributed by atoms with E-state index in [-0.39, 0.29) is 6.03 Å². The molecule has 1 aromatic rings. The third-order valence-electron chi connectivity index (χ3n) is 0.978. The Balaban J connectivity index is 2.27. The van der Waals surface area contributed by atoms with E-state index in [1.807, 2.05) is 0 Å².